The van der Waals surface area contributed by atoms with Crippen molar-refractivity contribution < 1.29 is 29.4 Å². The number of carboxylic acid groups (broad SMARTS) is 1. The van der Waals surface area contributed by atoms with Crippen LogP contribution in [0.3, 0.4) is 0 Å². The molecule has 0 saturated heterocycles. The zero-order valence-corrected chi connectivity index (χ0v) is 12.5. The van der Waals surface area contributed by atoms with Crippen LogP contribution >= 0.6 is 0 Å². The van der Waals surface area contributed by atoms with Gasteiger partial charge in [0.25, 0.3) is 0 Å². The van der Waals surface area contributed by atoms with Gasteiger partial charge in [-0.15, -0.1) is 0 Å². The van der Waals surface area contributed by atoms with Gasteiger partial charge >= 0.3 is 13.1 Å². The van der Waals surface area contributed by atoms with Gasteiger partial charge in [-0.1, -0.05) is 19.9 Å². The second-order valence-electron chi connectivity index (χ2n) is 4.42. The second kappa shape index (κ2) is 7.90. The van der Waals surface area contributed by atoms with Gasteiger partial charge in [0.2, 0.25) is 0 Å². The summed E-state index contributed by atoms with van der Waals surface area (Å²) in [5, 5.41) is 28.0. The highest BCUT2D eigenvalue weighted by molar-refractivity contribution is 6.46. The number of hydrogen-bond donors (Lipinski definition) is 3. The molecule has 1 atom stereocenters. The Bertz CT molecular complexity index is 491. The van der Waals surface area contributed by atoms with E-state index in [1.165, 1.54) is 7.11 Å². The molecule has 0 saturated carbocycles. The Labute approximate surface area is 124 Å². The van der Waals surface area contributed by atoms with Crippen molar-refractivity contribution in [3.8, 4) is 11.5 Å². The topological polar surface area (TPSA) is 96.2 Å². The van der Waals surface area contributed by atoms with E-state index in [9.17, 15) is 14.9 Å². The van der Waals surface area contributed by atoms with E-state index in [1.54, 1.807) is 12.1 Å². The van der Waals surface area contributed by atoms with E-state index in [0.29, 0.717) is 18.4 Å². The largest absolute Gasteiger partial charge is 0.535 e. The fourth-order valence-corrected chi connectivity index (χ4v) is 2.29. The van der Waals surface area contributed by atoms with Gasteiger partial charge in [0.1, 0.15) is 17.1 Å². The lowest BCUT2D eigenvalue weighted by Crippen LogP contribution is -2.35. The number of hydrogen-bond acceptors (Lipinski definition) is 5. The third-order valence-electron chi connectivity index (χ3n) is 3.26. The van der Waals surface area contributed by atoms with Crippen LogP contribution in [0.15, 0.2) is 12.1 Å². The van der Waals surface area contributed by atoms with E-state index in [1.807, 2.05) is 13.8 Å². The van der Waals surface area contributed by atoms with Crippen molar-refractivity contribution in [2.75, 3.05) is 13.7 Å². The molecule has 116 valence electrons. The zero-order valence-electron chi connectivity index (χ0n) is 12.5. The lowest BCUT2D eigenvalue weighted by molar-refractivity contribution is 0.0690. The van der Waals surface area contributed by atoms with Crippen molar-refractivity contribution >= 4 is 13.1 Å². The Balaban J connectivity index is 0.00000106. The van der Waals surface area contributed by atoms with Crippen LogP contribution in [0.4, 0.5) is 0 Å². The van der Waals surface area contributed by atoms with Crippen LogP contribution in [0.1, 0.15) is 36.2 Å². The quantitative estimate of drug-likeness (QED) is 0.730. The minimum atomic E-state index is -1.17. The van der Waals surface area contributed by atoms with E-state index in [4.69, 9.17) is 14.5 Å². The summed E-state index contributed by atoms with van der Waals surface area (Å²) in [6.45, 7) is 3.95. The number of aliphatic hydroxyl groups is 1. The van der Waals surface area contributed by atoms with Gasteiger partial charge in [0.15, 0.2) is 0 Å². The maximum absolute atomic E-state index is 11.3. The molecule has 0 spiro atoms. The van der Waals surface area contributed by atoms with Gasteiger partial charge in [-0.25, -0.2) is 4.79 Å². The van der Waals surface area contributed by atoms with E-state index >= 15 is 0 Å². The highest BCUT2D eigenvalue weighted by Crippen LogP contribution is 2.39. The first-order chi connectivity index (χ1) is 10.1. The molecule has 0 amide bonds. The van der Waals surface area contributed by atoms with E-state index in [2.05, 4.69) is 0 Å². The fraction of sp³-hybridized carbons (Fsp3) is 0.500. The van der Waals surface area contributed by atoms with Gasteiger partial charge in [0.05, 0.1) is 7.11 Å². The van der Waals surface area contributed by atoms with Crippen LogP contribution in [0.25, 0.3) is 0 Å². The van der Waals surface area contributed by atoms with Gasteiger partial charge in [-0.2, -0.15) is 0 Å². The summed E-state index contributed by atoms with van der Waals surface area (Å²) in [6, 6.07) is 3.29. The van der Waals surface area contributed by atoms with Gasteiger partial charge in [0, 0.05) is 12.4 Å². The number of rotatable bonds is 4. The van der Waals surface area contributed by atoms with Crippen molar-refractivity contribution in [3.63, 3.8) is 0 Å². The molecular formula is C14H21BO6. The number of carboxylic acids is 1. The summed E-state index contributed by atoms with van der Waals surface area (Å²) in [5.74, 6) is -1.07. The first kappa shape index (κ1) is 17.3. The predicted octanol–water partition coefficient (Wildman–Crippen LogP) is 1.59. The average molecular weight is 296 g/mol. The normalized spacial score (nSPS) is 16.2. The lowest BCUT2D eigenvalue weighted by atomic mass is 9.65. The Morgan fingerprint density at radius 3 is 2.67 bits per heavy atom. The van der Waals surface area contributed by atoms with Gasteiger partial charge in [-0.3, -0.25) is 0 Å². The van der Waals surface area contributed by atoms with Crippen molar-refractivity contribution in [1.82, 2.24) is 0 Å². The van der Waals surface area contributed by atoms with Crippen LogP contribution in [-0.4, -0.2) is 42.0 Å². The smallest absolute Gasteiger partial charge is 0.526 e. The molecular weight excluding hydrogens is 275 g/mol. The summed E-state index contributed by atoms with van der Waals surface area (Å²) in [6.07, 6.45) is 0.858. The van der Waals surface area contributed by atoms with Crippen molar-refractivity contribution in [3.05, 3.63) is 23.3 Å². The van der Waals surface area contributed by atoms with Crippen LogP contribution in [-0.2, 0) is 6.42 Å². The standard InChI is InChI=1S/C12H15BO6.C2H6/c1-18-9-3-2-7-6-8(4-5-14)13(17)19-11(7)10(9)12(15)16;1-2/h2-3,8,14,17H,4-6H2,1H3,(H,15,16);1-2H3. The molecule has 0 aromatic heterocycles. The van der Waals surface area contributed by atoms with Gasteiger partial charge in [-0.05, 0) is 24.5 Å². The third-order valence-corrected chi connectivity index (χ3v) is 3.26. The maximum atomic E-state index is 11.3. The summed E-state index contributed by atoms with van der Waals surface area (Å²) in [4.78, 5) is 11.3. The Hall–Kier alpha value is -1.73. The highest BCUT2D eigenvalue weighted by Gasteiger charge is 2.37. The molecule has 7 heteroatoms. The zero-order chi connectivity index (χ0) is 16.0. The summed E-state index contributed by atoms with van der Waals surface area (Å²) >= 11 is 0. The average Bonchev–Trinajstić information content (AvgIpc) is 2.49. The van der Waals surface area contributed by atoms with Gasteiger partial charge < -0.3 is 24.6 Å². The molecule has 0 aliphatic carbocycles. The van der Waals surface area contributed by atoms with Crippen molar-refractivity contribution in [2.24, 2.45) is 0 Å². The first-order valence-corrected chi connectivity index (χ1v) is 6.97. The number of methoxy groups -OCH3 is 1. The lowest BCUT2D eigenvalue weighted by Gasteiger charge is -2.28. The second-order valence-corrected chi connectivity index (χ2v) is 4.42. The molecule has 2 rings (SSSR count). The Morgan fingerprint density at radius 2 is 2.14 bits per heavy atom. The van der Waals surface area contributed by atoms with Crippen LogP contribution in [0, 0.1) is 0 Å². The van der Waals surface area contributed by atoms with Crippen LogP contribution in [0.2, 0.25) is 5.82 Å². The number of ether oxygens (including phenoxy) is 1. The monoisotopic (exact) mass is 296 g/mol. The molecule has 1 aromatic carbocycles. The van der Waals surface area contributed by atoms with Crippen LogP contribution < -0.4 is 9.39 Å². The summed E-state index contributed by atoms with van der Waals surface area (Å²) < 4.78 is 10.3. The minimum absolute atomic E-state index is 0.0532. The number of aromatic carboxylic acids is 1. The Morgan fingerprint density at radius 1 is 1.48 bits per heavy atom. The van der Waals surface area contributed by atoms with Crippen molar-refractivity contribution in [1.29, 1.82) is 0 Å². The molecule has 0 fully saturated rings. The number of aliphatic hydroxyl groups excluding tert-OH is 1. The molecule has 0 bridgehead atoms. The molecule has 1 aliphatic heterocycles. The van der Waals surface area contributed by atoms with Crippen molar-refractivity contribution in [2.45, 2.75) is 32.5 Å². The van der Waals surface area contributed by atoms with E-state index in [-0.39, 0.29) is 29.5 Å². The molecule has 0 radical (unpaired) electrons. The molecule has 1 aliphatic rings. The molecule has 1 heterocycles. The molecule has 1 aromatic rings. The SMILES string of the molecule is CC.COc1ccc2c(c1C(=O)O)OB(O)C(CCO)C2. The minimum Gasteiger partial charge on any atom is -0.535 e. The molecule has 6 nitrogen and oxygen atoms in total. The fourth-order valence-electron chi connectivity index (χ4n) is 2.29. The first-order valence-electron chi connectivity index (χ1n) is 6.97. The molecule has 21 heavy (non-hydrogen) atoms. The number of carbonyl (C=O) groups is 1. The summed E-state index contributed by atoms with van der Waals surface area (Å²) in [5.41, 5.74) is 0.614. The van der Waals surface area contributed by atoms with Crippen LogP contribution in [0.5, 0.6) is 11.5 Å². The number of fused-ring (bicyclic) bond motifs is 1. The summed E-state index contributed by atoms with van der Waals surface area (Å²) in [7, 11) is 0.256. The van der Waals surface area contributed by atoms with E-state index in [0.717, 1.165) is 0 Å². The number of benzene rings is 1. The molecule has 1 unspecified atom stereocenters. The highest BCUT2D eigenvalue weighted by atomic mass is 16.5. The third kappa shape index (κ3) is 3.68. The maximum Gasteiger partial charge on any atom is 0.526 e. The predicted molar refractivity (Wildman–Crippen MR) is 79.1 cm³/mol. The molecule has 3 N–H and O–H groups in total. The van der Waals surface area contributed by atoms with E-state index < -0.39 is 13.1 Å². The Kier molecular flexibility index (Phi) is 6.52.